The molecule has 0 unspecified atom stereocenters. The topological polar surface area (TPSA) is 92.9 Å². The van der Waals surface area contributed by atoms with Crippen molar-refractivity contribution < 1.29 is 0 Å². The van der Waals surface area contributed by atoms with Crippen LogP contribution < -0.4 is 16.3 Å². The molecule has 7 heteroatoms. The minimum absolute atomic E-state index is 0.140. The van der Waals surface area contributed by atoms with Gasteiger partial charge in [-0.3, -0.25) is 9.13 Å². The fourth-order valence-corrected chi connectivity index (χ4v) is 3.65. The van der Waals surface area contributed by atoms with Crippen molar-refractivity contribution in [1.29, 1.82) is 5.26 Å². The number of hydrogen-bond donors (Lipinski definition) is 1. The molecule has 3 heterocycles. The zero-order valence-corrected chi connectivity index (χ0v) is 14.6. The number of imidazole rings is 1. The Morgan fingerprint density at radius 1 is 1.35 bits per heavy atom. The molecule has 2 N–H and O–H groups in total. The van der Waals surface area contributed by atoms with E-state index in [1.807, 2.05) is 24.3 Å². The first-order chi connectivity index (χ1) is 12.6. The van der Waals surface area contributed by atoms with Crippen molar-refractivity contribution in [3.05, 3.63) is 58.1 Å². The summed E-state index contributed by atoms with van der Waals surface area (Å²) < 4.78 is 3.27. The van der Waals surface area contributed by atoms with Crippen LogP contribution in [-0.4, -0.2) is 33.2 Å². The van der Waals surface area contributed by atoms with E-state index in [4.69, 9.17) is 5.73 Å². The molecule has 3 aromatic rings. The molecule has 0 saturated carbocycles. The molecular weight excluding hydrogens is 328 g/mol. The van der Waals surface area contributed by atoms with Crippen molar-refractivity contribution in [1.82, 2.24) is 14.1 Å². The van der Waals surface area contributed by atoms with Gasteiger partial charge in [-0.15, -0.1) is 0 Å². The minimum Gasteiger partial charge on any atom is -0.368 e. The Morgan fingerprint density at radius 3 is 2.88 bits per heavy atom. The van der Waals surface area contributed by atoms with E-state index in [1.54, 1.807) is 28.4 Å². The van der Waals surface area contributed by atoms with Gasteiger partial charge in [-0.25, -0.2) is 9.78 Å². The van der Waals surface area contributed by atoms with Crippen LogP contribution in [0.3, 0.4) is 0 Å². The summed E-state index contributed by atoms with van der Waals surface area (Å²) in [7, 11) is 1.73. The third-order valence-electron chi connectivity index (χ3n) is 5.02. The Hall–Kier alpha value is -3.11. The van der Waals surface area contributed by atoms with Crippen LogP contribution in [0.1, 0.15) is 17.5 Å². The molecular formula is C19H20N6O. The van der Waals surface area contributed by atoms with Crippen LogP contribution in [0.25, 0.3) is 11.2 Å². The summed E-state index contributed by atoms with van der Waals surface area (Å²) >= 11 is 0. The van der Waals surface area contributed by atoms with Crippen molar-refractivity contribution in [2.24, 2.45) is 12.8 Å². The summed E-state index contributed by atoms with van der Waals surface area (Å²) in [6.07, 6.45) is 2.66. The summed E-state index contributed by atoms with van der Waals surface area (Å²) in [6, 6.07) is 11.6. The first-order valence-corrected chi connectivity index (χ1v) is 8.63. The minimum atomic E-state index is -0.142. The lowest BCUT2D eigenvalue weighted by Gasteiger charge is -2.20. The highest BCUT2D eigenvalue weighted by Gasteiger charge is 2.24. The molecule has 1 aliphatic heterocycles. The number of nitrogens with zero attached hydrogens (tertiary/aromatic N) is 5. The van der Waals surface area contributed by atoms with Crippen molar-refractivity contribution in [3.63, 3.8) is 0 Å². The molecule has 0 aliphatic carbocycles. The molecule has 0 bridgehead atoms. The molecule has 7 nitrogen and oxygen atoms in total. The molecule has 0 amide bonds. The van der Waals surface area contributed by atoms with Gasteiger partial charge in [-0.2, -0.15) is 5.26 Å². The van der Waals surface area contributed by atoms with Gasteiger partial charge >= 0.3 is 5.69 Å². The van der Waals surface area contributed by atoms with Crippen LogP contribution in [0.4, 0.5) is 5.69 Å². The van der Waals surface area contributed by atoms with Crippen LogP contribution in [0.15, 0.2) is 41.3 Å². The largest absolute Gasteiger partial charge is 0.368 e. The molecule has 1 aliphatic rings. The molecule has 2 aromatic heterocycles. The number of rotatable bonds is 3. The van der Waals surface area contributed by atoms with Gasteiger partial charge in [0.05, 0.1) is 23.9 Å². The van der Waals surface area contributed by atoms with Gasteiger partial charge in [0.1, 0.15) is 5.52 Å². The molecule has 132 valence electrons. The Kier molecular flexibility index (Phi) is 3.98. The second kappa shape index (κ2) is 6.32. The van der Waals surface area contributed by atoms with Crippen LogP contribution in [0.2, 0.25) is 0 Å². The molecule has 26 heavy (non-hydrogen) atoms. The second-order valence-corrected chi connectivity index (χ2v) is 6.69. The molecule has 1 aromatic carbocycles. The average molecular weight is 348 g/mol. The summed E-state index contributed by atoms with van der Waals surface area (Å²) in [5.74, 6) is 0. The highest BCUT2D eigenvalue weighted by Crippen LogP contribution is 2.28. The molecule has 0 radical (unpaired) electrons. The predicted molar refractivity (Wildman–Crippen MR) is 100 cm³/mol. The van der Waals surface area contributed by atoms with Gasteiger partial charge < -0.3 is 10.6 Å². The Bertz CT molecular complexity index is 1070. The van der Waals surface area contributed by atoms with Crippen molar-refractivity contribution in [2.75, 3.05) is 18.0 Å². The van der Waals surface area contributed by atoms with E-state index in [0.29, 0.717) is 17.8 Å². The predicted octanol–water partition coefficient (Wildman–Crippen LogP) is 1.19. The number of hydrogen-bond acceptors (Lipinski definition) is 5. The molecule has 1 fully saturated rings. The van der Waals surface area contributed by atoms with Crippen LogP contribution in [-0.2, 0) is 13.6 Å². The first-order valence-electron chi connectivity index (χ1n) is 8.63. The highest BCUT2D eigenvalue weighted by atomic mass is 16.1. The molecule has 1 saturated heterocycles. The van der Waals surface area contributed by atoms with E-state index < -0.39 is 0 Å². The molecule has 4 rings (SSSR count). The van der Waals surface area contributed by atoms with E-state index in [0.717, 1.165) is 36.3 Å². The van der Waals surface area contributed by atoms with E-state index in [-0.39, 0.29) is 11.7 Å². The van der Waals surface area contributed by atoms with Crippen LogP contribution in [0, 0.1) is 11.3 Å². The number of aromatic nitrogens is 3. The number of nitrogens with two attached hydrogens (primary N) is 1. The Balaban J connectivity index is 1.90. The van der Waals surface area contributed by atoms with E-state index >= 15 is 0 Å². The maximum absolute atomic E-state index is 12.9. The fourth-order valence-electron chi connectivity index (χ4n) is 3.65. The van der Waals surface area contributed by atoms with Crippen molar-refractivity contribution in [2.45, 2.75) is 19.0 Å². The second-order valence-electron chi connectivity index (χ2n) is 6.69. The third-order valence-corrected chi connectivity index (χ3v) is 5.02. The number of pyridine rings is 1. The van der Waals surface area contributed by atoms with Gasteiger partial charge in [0.2, 0.25) is 0 Å². The summed E-state index contributed by atoms with van der Waals surface area (Å²) in [5.41, 5.74) is 9.73. The van der Waals surface area contributed by atoms with Gasteiger partial charge in [0.25, 0.3) is 0 Å². The normalized spacial score (nSPS) is 17.0. The highest BCUT2D eigenvalue weighted by molar-refractivity contribution is 5.87. The number of fused-ring (bicyclic) bond motifs is 1. The van der Waals surface area contributed by atoms with Crippen molar-refractivity contribution in [3.8, 4) is 6.07 Å². The average Bonchev–Trinajstić information content (AvgIpc) is 3.19. The van der Waals surface area contributed by atoms with Gasteiger partial charge in [-0.1, -0.05) is 18.2 Å². The smallest absolute Gasteiger partial charge is 0.330 e. The summed E-state index contributed by atoms with van der Waals surface area (Å²) in [5, 5.41) is 9.36. The lowest BCUT2D eigenvalue weighted by Crippen LogP contribution is -2.27. The monoisotopic (exact) mass is 348 g/mol. The standard InChI is InChI=1S/C19H20N6O/c1-23-18-17(16(6-8-22-18)24-9-7-15(21)12-24)25(19(23)26)11-14-5-3-2-4-13(14)10-20/h2-6,8,15H,7,9,11-12,21H2,1H3/t15-/m1/s1. The van der Waals surface area contributed by atoms with E-state index in [2.05, 4.69) is 16.0 Å². The maximum Gasteiger partial charge on any atom is 0.330 e. The third kappa shape index (κ3) is 2.55. The SMILES string of the molecule is Cn1c(=O)n(Cc2ccccc2C#N)c2c(N3CC[C@@H](N)C3)ccnc21. The Morgan fingerprint density at radius 2 is 2.15 bits per heavy atom. The maximum atomic E-state index is 12.9. The van der Waals surface area contributed by atoms with Gasteiger partial charge in [-0.05, 0) is 24.1 Å². The number of benzene rings is 1. The van der Waals surface area contributed by atoms with Gasteiger partial charge in [0.15, 0.2) is 5.65 Å². The Labute approximate surface area is 150 Å². The first kappa shape index (κ1) is 16.4. The molecule has 1 atom stereocenters. The summed E-state index contributed by atoms with van der Waals surface area (Å²) in [6.45, 7) is 1.95. The number of nitriles is 1. The zero-order valence-electron chi connectivity index (χ0n) is 14.6. The lowest BCUT2D eigenvalue weighted by molar-refractivity contribution is 0.732. The lowest BCUT2D eigenvalue weighted by atomic mass is 10.1. The van der Waals surface area contributed by atoms with Crippen LogP contribution in [0.5, 0.6) is 0 Å². The quantitative estimate of drug-likeness (QED) is 0.767. The van der Waals surface area contributed by atoms with E-state index in [1.165, 1.54) is 0 Å². The summed E-state index contributed by atoms with van der Waals surface area (Å²) in [4.78, 5) is 19.5. The van der Waals surface area contributed by atoms with Crippen LogP contribution >= 0.6 is 0 Å². The zero-order chi connectivity index (χ0) is 18.3. The van der Waals surface area contributed by atoms with E-state index in [9.17, 15) is 10.1 Å². The van der Waals surface area contributed by atoms with Gasteiger partial charge in [0, 0.05) is 32.4 Å². The fraction of sp³-hybridized carbons (Fsp3) is 0.316. The number of aryl methyl sites for hydroxylation is 1. The van der Waals surface area contributed by atoms with Crippen molar-refractivity contribution >= 4 is 16.9 Å². The molecule has 0 spiro atoms. The number of anilines is 1.